The number of hydrogen-bond acceptors (Lipinski definition) is 5. The van der Waals surface area contributed by atoms with Crippen molar-refractivity contribution in [3.8, 4) is 11.4 Å². The molecule has 3 N–H and O–H groups in total. The number of benzene rings is 1. The number of nitrogens with one attached hydrogen (secondary N) is 1. The van der Waals surface area contributed by atoms with Crippen molar-refractivity contribution in [2.75, 3.05) is 6.54 Å². The molecule has 6 nitrogen and oxygen atoms in total. The lowest BCUT2D eigenvalue weighted by Gasteiger charge is -2.25. The summed E-state index contributed by atoms with van der Waals surface area (Å²) in [5, 5.41) is 7.55. The van der Waals surface area contributed by atoms with Gasteiger partial charge in [-0.3, -0.25) is 4.79 Å². The molecule has 2 atom stereocenters. The number of halogens is 1. The van der Waals surface area contributed by atoms with E-state index in [1.807, 2.05) is 12.1 Å². The van der Waals surface area contributed by atoms with Gasteiger partial charge >= 0.3 is 0 Å². The lowest BCUT2D eigenvalue weighted by molar-refractivity contribution is -0.126. The summed E-state index contributed by atoms with van der Waals surface area (Å²) in [4.78, 5) is 16.5. The van der Waals surface area contributed by atoms with Gasteiger partial charge in [-0.05, 0) is 43.5 Å². The maximum absolute atomic E-state index is 12.1. The van der Waals surface area contributed by atoms with E-state index in [4.69, 9.17) is 21.9 Å². The van der Waals surface area contributed by atoms with Crippen LogP contribution in [0.15, 0.2) is 28.8 Å². The molecule has 1 amide bonds. The highest BCUT2D eigenvalue weighted by Crippen LogP contribution is 2.23. The summed E-state index contributed by atoms with van der Waals surface area (Å²) in [6, 6.07) is 7.38. The Bertz CT molecular complexity index is 686. The minimum atomic E-state index is 0.0288. The van der Waals surface area contributed by atoms with Crippen LogP contribution in [-0.2, 0) is 11.2 Å². The Morgan fingerprint density at radius 1 is 1.33 bits per heavy atom. The monoisotopic (exact) mass is 348 g/mol. The minimum Gasteiger partial charge on any atom is -0.355 e. The molecule has 1 heterocycles. The van der Waals surface area contributed by atoms with Crippen LogP contribution in [0.4, 0.5) is 0 Å². The van der Waals surface area contributed by atoms with Crippen LogP contribution >= 0.6 is 11.6 Å². The lowest BCUT2D eigenvalue weighted by atomic mass is 9.85. The summed E-state index contributed by atoms with van der Waals surface area (Å²) in [5.41, 5.74) is 6.77. The van der Waals surface area contributed by atoms with Crippen molar-refractivity contribution in [3.05, 3.63) is 35.2 Å². The summed E-state index contributed by atoms with van der Waals surface area (Å²) in [7, 11) is 0. The smallest absolute Gasteiger partial charge is 0.228 e. The van der Waals surface area contributed by atoms with Crippen LogP contribution in [0.5, 0.6) is 0 Å². The third-order valence-electron chi connectivity index (χ3n) is 4.29. The van der Waals surface area contributed by atoms with Crippen molar-refractivity contribution in [1.82, 2.24) is 15.5 Å². The van der Waals surface area contributed by atoms with E-state index in [0.29, 0.717) is 29.7 Å². The summed E-state index contributed by atoms with van der Waals surface area (Å²) in [6.45, 7) is 0.479. The zero-order valence-electron chi connectivity index (χ0n) is 13.4. The first-order valence-electron chi connectivity index (χ1n) is 8.23. The molecule has 1 aromatic heterocycles. The molecule has 2 aromatic rings. The number of carbonyl (C=O) groups excluding carboxylic acids is 1. The molecular weight excluding hydrogens is 328 g/mol. The number of carbonyl (C=O) groups is 1. The predicted molar refractivity (Wildman–Crippen MR) is 91.4 cm³/mol. The molecular formula is C17H21ClN4O2. The molecule has 0 saturated heterocycles. The predicted octanol–water partition coefficient (Wildman–Crippen LogP) is 2.57. The highest BCUT2D eigenvalue weighted by Gasteiger charge is 2.25. The van der Waals surface area contributed by atoms with E-state index in [-0.39, 0.29) is 17.9 Å². The van der Waals surface area contributed by atoms with Crippen LogP contribution in [0.2, 0.25) is 5.02 Å². The fraction of sp³-hybridized carbons (Fsp3) is 0.471. The number of nitrogens with zero attached hydrogens (tertiary/aromatic N) is 2. The van der Waals surface area contributed by atoms with Gasteiger partial charge in [0.25, 0.3) is 0 Å². The van der Waals surface area contributed by atoms with Gasteiger partial charge in [0, 0.05) is 35.5 Å². The SMILES string of the molecule is NC1CCCC(C(=O)NCCc2nc(-c3ccc(Cl)cc3)no2)C1. The van der Waals surface area contributed by atoms with E-state index < -0.39 is 0 Å². The Morgan fingerprint density at radius 3 is 2.88 bits per heavy atom. The van der Waals surface area contributed by atoms with Gasteiger partial charge in [-0.15, -0.1) is 0 Å². The van der Waals surface area contributed by atoms with Gasteiger partial charge in [-0.25, -0.2) is 0 Å². The summed E-state index contributed by atoms with van der Waals surface area (Å²) >= 11 is 5.86. The molecule has 0 radical (unpaired) electrons. The standard InChI is InChI=1S/C17H21ClN4O2/c18-13-6-4-11(5-7-13)16-21-15(24-22-16)8-9-20-17(23)12-2-1-3-14(19)10-12/h4-7,12,14H,1-3,8-10,19H2,(H,20,23). The van der Waals surface area contributed by atoms with E-state index in [0.717, 1.165) is 31.2 Å². The van der Waals surface area contributed by atoms with Crippen molar-refractivity contribution in [3.63, 3.8) is 0 Å². The zero-order valence-corrected chi connectivity index (χ0v) is 14.1. The Morgan fingerprint density at radius 2 is 2.12 bits per heavy atom. The van der Waals surface area contributed by atoms with Gasteiger partial charge in [-0.2, -0.15) is 4.98 Å². The van der Waals surface area contributed by atoms with Gasteiger partial charge in [0.2, 0.25) is 17.6 Å². The van der Waals surface area contributed by atoms with Crippen LogP contribution in [0.25, 0.3) is 11.4 Å². The molecule has 7 heteroatoms. The first-order chi connectivity index (χ1) is 11.6. The Hall–Kier alpha value is -1.92. The quantitative estimate of drug-likeness (QED) is 0.866. The molecule has 3 rings (SSSR count). The van der Waals surface area contributed by atoms with Crippen molar-refractivity contribution in [1.29, 1.82) is 0 Å². The average Bonchev–Trinajstić information content (AvgIpc) is 3.04. The van der Waals surface area contributed by atoms with E-state index in [9.17, 15) is 4.79 Å². The van der Waals surface area contributed by atoms with Gasteiger partial charge in [0.05, 0.1) is 0 Å². The second kappa shape index (κ2) is 7.77. The molecule has 1 aliphatic carbocycles. The third-order valence-corrected chi connectivity index (χ3v) is 4.55. The molecule has 2 unspecified atom stereocenters. The van der Waals surface area contributed by atoms with Crippen molar-refractivity contribution in [2.45, 2.75) is 38.1 Å². The van der Waals surface area contributed by atoms with Crippen molar-refractivity contribution >= 4 is 17.5 Å². The topological polar surface area (TPSA) is 94.0 Å². The molecule has 0 bridgehead atoms. The van der Waals surface area contributed by atoms with Gasteiger partial charge < -0.3 is 15.6 Å². The molecule has 1 aromatic carbocycles. The van der Waals surface area contributed by atoms with Gasteiger partial charge in [0.1, 0.15) is 0 Å². The maximum Gasteiger partial charge on any atom is 0.228 e. The number of rotatable bonds is 5. The fourth-order valence-corrected chi connectivity index (χ4v) is 3.10. The number of amides is 1. The molecule has 1 fully saturated rings. The van der Waals surface area contributed by atoms with Crippen molar-refractivity contribution in [2.24, 2.45) is 11.7 Å². The molecule has 128 valence electrons. The highest BCUT2D eigenvalue weighted by atomic mass is 35.5. The molecule has 24 heavy (non-hydrogen) atoms. The van der Waals surface area contributed by atoms with Crippen LogP contribution in [0, 0.1) is 5.92 Å². The van der Waals surface area contributed by atoms with Crippen molar-refractivity contribution < 1.29 is 9.32 Å². The first kappa shape index (κ1) is 16.9. The normalized spacial score (nSPS) is 20.8. The second-order valence-corrected chi connectivity index (χ2v) is 6.62. The van der Waals surface area contributed by atoms with Gasteiger partial charge in [-0.1, -0.05) is 23.2 Å². The minimum absolute atomic E-state index is 0.0288. The fourth-order valence-electron chi connectivity index (χ4n) is 2.98. The zero-order chi connectivity index (χ0) is 16.9. The van der Waals surface area contributed by atoms with Crippen LogP contribution in [0.1, 0.15) is 31.6 Å². The van der Waals surface area contributed by atoms with E-state index in [1.54, 1.807) is 12.1 Å². The van der Waals surface area contributed by atoms with Crippen LogP contribution < -0.4 is 11.1 Å². The largest absolute Gasteiger partial charge is 0.355 e. The molecule has 1 saturated carbocycles. The van der Waals surface area contributed by atoms with Crippen LogP contribution in [0.3, 0.4) is 0 Å². The second-order valence-electron chi connectivity index (χ2n) is 6.18. The van der Waals surface area contributed by atoms with Crippen LogP contribution in [-0.4, -0.2) is 28.6 Å². The number of nitrogens with two attached hydrogens (primary N) is 1. The summed E-state index contributed by atoms with van der Waals surface area (Å²) in [5.74, 6) is 1.12. The Kier molecular flexibility index (Phi) is 5.48. The number of hydrogen-bond donors (Lipinski definition) is 2. The van der Waals surface area contributed by atoms with E-state index in [1.165, 1.54) is 0 Å². The number of aromatic nitrogens is 2. The summed E-state index contributed by atoms with van der Waals surface area (Å²) in [6.07, 6.45) is 4.23. The first-order valence-corrected chi connectivity index (χ1v) is 8.61. The Labute approximate surface area is 145 Å². The molecule has 1 aliphatic rings. The molecule has 0 spiro atoms. The van der Waals surface area contributed by atoms with Gasteiger partial charge in [0.15, 0.2) is 0 Å². The highest BCUT2D eigenvalue weighted by molar-refractivity contribution is 6.30. The summed E-state index contributed by atoms with van der Waals surface area (Å²) < 4.78 is 5.23. The van der Waals surface area contributed by atoms with E-state index in [2.05, 4.69) is 15.5 Å². The lowest BCUT2D eigenvalue weighted by Crippen LogP contribution is -2.38. The third kappa shape index (κ3) is 4.33. The Balaban J connectivity index is 1.49. The molecule has 0 aliphatic heterocycles. The maximum atomic E-state index is 12.1. The van der Waals surface area contributed by atoms with E-state index >= 15 is 0 Å². The average molecular weight is 349 g/mol.